The Balaban J connectivity index is 2.04. The van der Waals surface area contributed by atoms with Crippen LogP contribution < -0.4 is 0 Å². The van der Waals surface area contributed by atoms with Crippen molar-refractivity contribution in [3.8, 4) is 0 Å². The third-order valence-corrected chi connectivity index (χ3v) is 5.29. The van der Waals surface area contributed by atoms with Crippen molar-refractivity contribution in [2.75, 3.05) is 18.6 Å². The predicted octanol–water partition coefficient (Wildman–Crippen LogP) is 2.27. The Morgan fingerprint density at radius 2 is 2.05 bits per heavy atom. The highest BCUT2D eigenvalue weighted by Crippen LogP contribution is 2.24. The molecule has 5 heteroatoms. The summed E-state index contributed by atoms with van der Waals surface area (Å²) in [4.78, 5) is 14.2. The molecule has 1 heterocycles. The van der Waals surface area contributed by atoms with Crippen LogP contribution in [0.15, 0.2) is 18.2 Å². The minimum absolute atomic E-state index is 0.0294. The van der Waals surface area contributed by atoms with E-state index >= 15 is 0 Å². The second-order valence-corrected chi connectivity index (χ2v) is 8.66. The maximum absolute atomic E-state index is 12.3. The number of hydrogen-bond acceptors (Lipinski definition) is 3. The van der Waals surface area contributed by atoms with E-state index in [0.29, 0.717) is 0 Å². The number of hydrogen-bond donors (Lipinski definition) is 0. The maximum atomic E-state index is 12.3. The summed E-state index contributed by atoms with van der Waals surface area (Å²) in [6.07, 6.45) is 4.14. The quantitative estimate of drug-likeness (QED) is 0.835. The largest absolute Gasteiger partial charge is 0.339 e. The van der Waals surface area contributed by atoms with Crippen molar-refractivity contribution in [1.82, 2.24) is 4.90 Å². The molecule has 0 aromatic heterocycles. The van der Waals surface area contributed by atoms with Crippen LogP contribution in [0.2, 0.25) is 0 Å². The van der Waals surface area contributed by atoms with Gasteiger partial charge in [-0.3, -0.25) is 4.79 Å². The van der Waals surface area contributed by atoms with Crippen LogP contribution in [-0.4, -0.2) is 43.8 Å². The fraction of sp³-hybridized carbons (Fsp3) is 0.588. The van der Waals surface area contributed by atoms with E-state index in [1.165, 1.54) is 22.9 Å². The summed E-state index contributed by atoms with van der Waals surface area (Å²) in [5.74, 6) is -0.0864. The van der Waals surface area contributed by atoms with Crippen LogP contribution in [0.25, 0.3) is 0 Å². The SMILES string of the molecule is Cc1ccc(C)c(CC2CCCN2C(=O)CCS(C)(=O)=O)c1. The van der Waals surface area contributed by atoms with E-state index in [-0.39, 0.29) is 24.1 Å². The minimum atomic E-state index is -3.08. The molecule has 1 aromatic carbocycles. The Labute approximate surface area is 133 Å². The van der Waals surface area contributed by atoms with Gasteiger partial charge >= 0.3 is 0 Å². The first-order valence-corrected chi connectivity index (χ1v) is 9.85. The molecular weight excluding hydrogens is 298 g/mol. The van der Waals surface area contributed by atoms with Gasteiger partial charge in [-0.25, -0.2) is 8.42 Å². The molecule has 0 N–H and O–H groups in total. The fourth-order valence-corrected chi connectivity index (χ4v) is 3.61. The number of sulfone groups is 1. The first-order chi connectivity index (χ1) is 10.3. The van der Waals surface area contributed by atoms with Gasteiger partial charge in [0.1, 0.15) is 9.84 Å². The number of likely N-dealkylation sites (tertiary alicyclic amines) is 1. The van der Waals surface area contributed by atoms with Crippen molar-refractivity contribution in [3.05, 3.63) is 34.9 Å². The van der Waals surface area contributed by atoms with Crippen LogP contribution in [0.4, 0.5) is 0 Å². The summed E-state index contributed by atoms with van der Waals surface area (Å²) in [5.41, 5.74) is 3.77. The number of amides is 1. The fourth-order valence-electron chi connectivity index (χ4n) is 3.07. The number of benzene rings is 1. The molecule has 1 amide bonds. The van der Waals surface area contributed by atoms with Crippen molar-refractivity contribution in [2.24, 2.45) is 0 Å². The van der Waals surface area contributed by atoms with Crippen LogP contribution in [0.1, 0.15) is 36.0 Å². The van der Waals surface area contributed by atoms with Gasteiger partial charge in [-0.2, -0.15) is 0 Å². The van der Waals surface area contributed by atoms with Gasteiger partial charge in [0.2, 0.25) is 5.91 Å². The zero-order valence-corrected chi connectivity index (χ0v) is 14.4. The molecule has 1 saturated heterocycles. The summed E-state index contributed by atoms with van der Waals surface area (Å²) in [5, 5.41) is 0. The molecule has 1 fully saturated rings. The summed E-state index contributed by atoms with van der Waals surface area (Å²) in [6.45, 7) is 4.92. The second-order valence-electron chi connectivity index (χ2n) is 6.40. The highest BCUT2D eigenvalue weighted by Gasteiger charge is 2.29. The molecular formula is C17H25NO3S. The Hall–Kier alpha value is -1.36. The van der Waals surface area contributed by atoms with Gasteiger partial charge in [0.05, 0.1) is 5.75 Å². The highest BCUT2D eigenvalue weighted by molar-refractivity contribution is 7.90. The zero-order valence-electron chi connectivity index (χ0n) is 13.6. The molecule has 1 aromatic rings. The van der Waals surface area contributed by atoms with Gasteiger partial charge < -0.3 is 4.90 Å². The van der Waals surface area contributed by atoms with Crippen LogP contribution in [-0.2, 0) is 21.1 Å². The monoisotopic (exact) mass is 323 g/mol. The van der Waals surface area contributed by atoms with Gasteiger partial charge in [0.15, 0.2) is 0 Å². The Kier molecular flexibility index (Phi) is 5.27. The van der Waals surface area contributed by atoms with Gasteiger partial charge in [-0.15, -0.1) is 0 Å². The number of carbonyl (C=O) groups is 1. The van der Waals surface area contributed by atoms with Crippen LogP contribution in [0, 0.1) is 13.8 Å². The summed E-state index contributed by atoms with van der Waals surface area (Å²) in [7, 11) is -3.08. The van der Waals surface area contributed by atoms with E-state index < -0.39 is 9.84 Å². The van der Waals surface area contributed by atoms with Crippen molar-refractivity contribution in [3.63, 3.8) is 0 Å². The highest BCUT2D eigenvalue weighted by atomic mass is 32.2. The number of aryl methyl sites for hydroxylation is 2. The molecule has 2 rings (SSSR count). The molecule has 122 valence electrons. The predicted molar refractivity (Wildman–Crippen MR) is 88.7 cm³/mol. The molecule has 0 radical (unpaired) electrons. The van der Waals surface area contributed by atoms with E-state index in [4.69, 9.17) is 0 Å². The average molecular weight is 323 g/mol. The normalized spacial score (nSPS) is 18.7. The lowest BCUT2D eigenvalue weighted by atomic mass is 9.97. The lowest BCUT2D eigenvalue weighted by molar-refractivity contribution is -0.131. The maximum Gasteiger partial charge on any atom is 0.223 e. The van der Waals surface area contributed by atoms with E-state index in [2.05, 4.69) is 32.0 Å². The van der Waals surface area contributed by atoms with E-state index in [1.807, 2.05) is 4.90 Å². The van der Waals surface area contributed by atoms with Gasteiger partial charge in [-0.1, -0.05) is 23.8 Å². The molecule has 0 saturated carbocycles. The van der Waals surface area contributed by atoms with Crippen molar-refractivity contribution < 1.29 is 13.2 Å². The topological polar surface area (TPSA) is 54.5 Å². The standard InChI is InChI=1S/C17H25NO3S/c1-13-6-7-14(2)15(11-13)12-16-5-4-9-18(16)17(19)8-10-22(3,20)21/h6-7,11,16H,4-5,8-10,12H2,1-3H3. The minimum Gasteiger partial charge on any atom is -0.339 e. The Morgan fingerprint density at radius 3 is 2.73 bits per heavy atom. The van der Waals surface area contributed by atoms with Crippen molar-refractivity contribution in [2.45, 2.75) is 45.6 Å². The van der Waals surface area contributed by atoms with Crippen LogP contribution in [0.3, 0.4) is 0 Å². The molecule has 0 spiro atoms. The summed E-state index contributed by atoms with van der Waals surface area (Å²) >= 11 is 0. The van der Waals surface area contributed by atoms with Crippen molar-refractivity contribution >= 4 is 15.7 Å². The number of nitrogens with zero attached hydrogens (tertiary/aromatic N) is 1. The molecule has 22 heavy (non-hydrogen) atoms. The first-order valence-electron chi connectivity index (χ1n) is 7.79. The number of carbonyl (C=O) groups excluding carboxylic acids is 1. The van der Waals surface area contributed by atoms with Crippen molar-refractivity contribution in [1.29, 1.82) is 0 Å². The molecule has 1 aliphatic rings. The molecule has 1 unspecified atom stereocenters. The first kappa shape index (κ1) is 17.0. The third kappa shape index (κ3) is 4.57. The van der Waals surface area contributed by atoms with E-state index in [9.17, 15) is 13.2 Å². The molecule has 1 atom stereocenters. The third-order valence-electron chi connectivity index (χ3n) is 4.34. The van der Waals surface area contributed by atoms with Crippen LogP contribution in [0.5, 0.6) is 0 Å². The Bertz CT molecular complexity index is 652. The molecule has 1 aliphatic heterocycles. The van der Waals surface area contributed by atoms with Gasteiger partial charge in [-0.05, 0) is 44.2 Å². The number of rotatable bonds is 5. The van der Waals surface area contributed by atoms with Gasteiger partial charge in [0, 0.05) is 25.3 Å². The van der Waals surface area contributed by atoms with E-state index in [0.717, 1.165) is 25.8 Å². The lowest BCUT2D eigenvalue weighted by Gasteiger charge is -2.25. The Morgan fingerprint density at radius 1 is 1.32 bits per heavy atom. The molecule has 4 nitrogen and oxygen atoms in total. The molecule has 0 bridgehead atoms. The van der Waals surface area contributed by atoms with E-state index in [1.54, 1.807) is 0 Å². The van der Waals surface area contributed by atoms with Gasteiger partial charge in [0.25, 0.3) is 0 Å². The zero-order chi connectivity index (χ0) is 16.3. The smallest absolute Gasteiger partial charge is 0.223 e. The second kappa shape index (κ2) is 6.82. The summed E-state index contributed by atoms with van der Waals surface area (Å²) in [6, 6.07) is 6.61. The lowest BCUT2D eigenvalue weighted by Crippen LogP contribution is -2.37. The average Bonchev–Trinajstić information content (AvgIpc) is 2.87. The van der Waals surface area contributed by atoms with Crippen LogP contribution >= 0.6 is 0 Å². The summed E-state index contributed by atoms with van der Waals surface area (Å²) < 4.78 is 22.5. The molecule has 0 aliphatic carbocycles.